The van der Waals surface area contributed by atoms with Gasteiger partial charge in [-0.25, -0.2) is 0 Å². The third-order valence-electron chi connectivity index (χ3n) is 2.71. The molecule has 0 radical (unpaired) electrons. The molecule has 0 spiro atoms. The van der Waals surface area contributed by atoms with E-state index in [0.29, 0.717) is 5.56 Å². The van der Waals surface area contributed by atoms with Gasteiger partial charge < -0.3 is 5.32 Å². The molecule has 1 heterocycles. The Kier molecular flexibility index (Phi) is 2.86. The summed E-state index contributed by atoms with van der Waals surface area (Å²) >= 11 is 0. The summed E-state index contributed by atoms with van der Waals surface area (Å²) in [6.45, 7) is 2.07. The molecule has 0 amide bonds. The number of carbonyl (C=O) groups is 1. The molecule has 0 aliphatic rings. The first kappa shape index (κ1) is 10.6. The standard InChI is InChI=1S/C13H14N2O/c1-3-9-4-12-10(8-16)5-11(14-2)6-13(12)15-7-9/h4-8,14H,3H2,1-2H3. The van der Waals surface area contributed by atoms with Crippen molar-refractivity contribution in [1.82, 2.24) is 4.98 Å². The Morgan fingerprint density at radius 2 is 2.19 bits per heavy atom. The van der Waals surface area contributed by atoms with Gasteiger partial charge in [0, 0.05) is 29.9 Å². The summed E-state index contributed by atoms with van der Waals surface area (Å²) in [6, 6.07) is 5.82. The minimum Gasteiger partial charge on any atom is -0.388 e. The summed E-state index contributed by atoms with van der Waals surface area (Å²) < 4.78 is 0. The summed E-state index contributed by atoms with van der Waals surface area (Å²) in [6.07, 6.45) is 3.66. The Bertz CT molecular complexity index is 535. The van der Waals surface area contributed by atoms with E-state index in [1.807, 2.05) is 31.4 Å². The number of aldehydes is 1. The molecule has 16 heavy (non-hydrogen) atoms. The van der Waals surface area contributed by atoms with E-state index in [9.17, 15) is 4.79 Å². The van der Waals surface area contributed by atoms with Gasteiger partial charge in [0.2, 0.25) is 0 Å². The van der Waals surface area contributed by atoms with Crippen LogP contribution in [0.3, 0.4) is 0 Å². The fraction of sp³-hybridized carbons (Fsp3) is 0.231. The van der Waals surface area contributed by atoms with E-state index in [0.717, 1.165) is 34.9 Å². The molecular formula is C13H14N2O. The number of pyridine rings is 1. The summed E-state index contributed by atoms with van der Waals surface area (Å²) in [5.74, 6) is 0. The van der Waals surface area contributed by atoms with Crippen LogP contribution < -0.4 is 5.32 Å². The zero-order chi connectivity index (χ0) is 11.5. The summed E-state index contributed by atoms with van der Waals surface area (Å²) in [5, 5.41) is 3.95. The number of aromatic nitrogens is 1. The molecule has 0 aliphatic heterocycles. The second-order valence-electron chi connectivity index (χ2n) is 3.70. The highest BCUT2D eigenvalue weighted by Gasteiger charge is 2.04. The number of anilines is 1. The quantitative estimate of drug-likeness (QED) is 0.799. The first-order valence-corrected chi connectivity index (χ1v) is 5.34. The van der Waals surface area contributed by atoms with Crippen LogP contribution >= 0.6 is 0 Å². The largest absolute Gasteiger partial charge is 0.388 e. The van der Waals surface area contributed by atoms with Gasteiger partial charge in [0.15, 0.2) is 6.29 Å². The molecule has 1 aromatic carbocycles. The topological polar surface area (TPSA) is 42.0 Å². The Labute approximate surface area is 94.5 Å². The van der Waals surface area contributed by atoms with Gasteiger partial charge >= 0.3 is 0 Å². The molecule has 0 atom stereocenters. The van der Waals surface area contributed by atoms with Crippen LogP contribution in [0.1, 0.15) is 22.8 Å². The Morgan fingerprint density at radius 3 is 2.81 bits per heavy atom. The Morgan fingerprint density at radius 1 is 1.38 bits per heavy atom. The molecule has 0 saturated heterocycles. The Balaban J connectivity index is 2.73. The summed E-state index contributed by atoms with van der Waals surface area (Å²) in [4.78, 5) is 15.4. The fourth-order valence-electron chi connectivity index (χ4n) is 1.73. The van der Waals surface area contributed by atoms with Gasteiger partial charge in [-0.05, 0) is 30.2 Å². The van der Waals surface area contributed by atoms with Gasteiger partial charge in [-0.1, -0.05) is 6.92 Å². The van der Waals surface area contributed by atoms with E-state index in [4.69, 9.17) is 0 Å². The zero-order valence-electron chi connectivity index (χ0n) is 9.45. The van der Waals surface area contributed by atoms with Crippen molar-refractivity contribution in [2.75, 3.05) is 12.4 Å². The smallest absolute Gasteiger partial charge is 0.150 e. The maximum atomic E-state index is 11.0. The van der Waals surface area contributed by atoms with Crippen LogP contribution in [0.4, 0.5) is 5.69 Å². The number of fused-ring (bicyclic) bond motifs is 1. The van der Waals surface area contributed by atoms with Crippen LogP contribution in [-0.2, 0) is 6.42 Å². The monoisotopic (exact) mass is 214 g/mol. The molecule has 0 bridgehead atoms. The lowest BCUT2D eigenvalue weighted by molar-refractivity contribution is 0.112. The molecule has 3 nitrogen and oxygen atoms in total. The number of aryl methyl sites for hydroxylation is 1. The SMILES string of the molecule is CCc1cnc2cc(NC)cc(C=O)c2c1. The predicted octanol–water partition coefficient (Wildman–Crippen LogP) is 2.65. The lowest BCUT2D eigenvalue weighted by atomic mass is 10.1. The van der Waals surface area contributed by atoms with Gasteiger partial charge in [-0.2, -0.15) is 0 Å². The van der Waals surface area contributed by atoms with Crippen molar-refractivity contribution in [3.05, 3.63) is 35.5 Å². The van der Waals surface area contributed by atoms with Gasteiger partial charge in [-0.15, -0.1) is 0 Å². The molecular weight excluding hydrogens is 200 g/mol. The Hall–Kier alpha value is -1.90. The lowest BCUT2D eigenvalue weighted by Crippen LogP contribution is -1.94. The van der Waals surface area contributed by atoms with Crippen LogP contribution in [0, 0.1) is 0 Å². The third kappa shape index (κ3) is 1.76. The van der Waals surface area contributed by atoms with Crippen LogP contribution in [0.2, 0.25) is 0 Å². The van der Waals surface area contributed by atoms with E-state index in [-0.39, 0.29) is 0 Å². The van der Waals surface area contributed by atoms with E-state index in [1.54, 1.807) is 0 Å². The number of hydrogen-bond donors (Lipinski definition) is 1. The first-order valence-electron chi connectivity index (χ1n) is 5.34. The van der Waals surface area contributed by atoms with Gasteiger partial charge in [-0.3, -0.25) is 9.78 Å². The minimum atomic E-state index is 0.685. The van der Waals surface area contributed by atoms with Crippen molar-refractivity contribution in [1.29, 1.82) is 0 Å². The van der Waals surface area contributed by atoms with Crippen molar-refractivity contribution in [3.8, 4) is 0 Å². The molecule has 3 heteroatoms. The van der Waals surface area contributed by atoms with Crippen LogP contribution in [-0.4, -0.2) is 18.3 Å². The highest BCUT2D eigenvalue weighted by Crippen LogP contribution is 2.22. The molecule has 82 valence electrons. The van der Waals surface area contributed by atoms with Crippen molar-refractivity contribution >= 4 is 22.9 Å². The fourth-order valence-corrected chi connectivity index (χ4v) is 1.73. The molecule has 0 unspecified atom stereocenters. The van der Waals surface area contributed by atoms with Gasteiger partial charge in [0.25, 0.3) is 0 Å². The molecule has 0 saturated carbocycles. The normalized spacial score (nSPS) is 10.4. The number of nitrogens with one attached hydrogen (secondary N) is 1. The average Bonchev–Trinajstić information content (AvgIpc) is 2.36. The number of nitrogens with zero attached hydrogens (tertiary/aromatic N) is 1. The predicted molar refractivity (Wildman–Crippen MR) is 66.1 cm³/mol. The number of carbonyl (C=O) groups excluding carboxylic acids is 1. The molecule has 2 rings (SSSR count). The summed E-state index contributed by atoms with van der Waals surface area (Å²) in [7, 11) is 1.83. The highest BCUT2D eigenvalue weighted by molar-refractivity contribution is 5.98. The number of hydrogen-bond acceptors (Lipinski definition) is 3. The molecule has 1 aromatic heterocycles. The zero-order valence-corrected chi connectivity index (χ0v) is 9.45. The number of rotatable bonds is 3. The van der Waals surface area contributed by atoms with Crippen LogP contribution in [0.5, 0.6) is 0 Å². The highest BCUT2D eigenvalue weighted by atomic mass is 16.1. The molecule has 0 aliphatic carbocycles. The molecule has 2 aromatic rings. The van der Waals surface area contributed by atoms with E-state index in [2.05, 4.69) is 17.2 Å². The summed E-state index contributed by atoms with van der Waals surface area (Å²) in [5.41, 5.74) is 3.59. The number of benzene rings is 1. The van der Waals surface area contributed by atoms with Crippen molar-refractivity contribution in [3.63, 3.8) is 0 Å². The van der Waals surface area contributed by atoms with E-state index < -0.39 is 0 Å². The minimum absolute atomic E-state index is 0.685. The first-order chi connectivity index (χ1) is 7.78. The lowest BCUT2D eigenvalue weighted by Gasteiger charge is -2.06. The van der Waals surface area contributed by atoms with Crippen molar-refractivity contribution in [2.45, 2.75) is 13.3 Å². The van der Waals surface area contributed by atoms with Crippen molar-refractivity contribution in [2.24, 2.45) is 0 Å². The molecule has 0 fully saturated rings. The maximum Gasteiger partial charge on any atom is 0.150 e. The van der Waals surface area contributed by atoms with Gasteiger partial charge in [0.05, 0.1) is 5.52 Å². The molecule has 1 N–H and O–H groups in total. The van der Waals surface area contributed by atoms with Crippen LogP contribution in [0.15, 0.2) is 24.4 Å². The van der Waals surface area contributed by atoms with E-state index >= 15 is 0 Å². The van der Waals surface area contributed by atoms with Gasteiger partial charge in [0.1, 0.15) is 0 Å². The van der Waals surface area contributed by atoms with E-state index in [1.165, 1.54) is 0 Å². The maximum absolute atomic E-state index is 11.0. The second kappa shape index (κ2) is 4.31. The van der Waals surface area contributed by atoms with Crippen molar-refractivity contribution < 1.29 is 4.79 Å². The average molecular weight is 214 g/mol. The second-order valence-corrected chi connectivity index (χ2v) is 3.70. The third-order valence-corrected chi connectivity index (χ3v) is 2.71. The van der Waals surface area contributed by atoms with Crippen LogP contribution in [0.25, 0.3) is 10.9 Å².